The van der Waals surface area contributed by atoms with Gasteiger partial charge in [-0.3, -0.25) is 14.5 Å². The van der Waals surface area contributed by atoms with Gasteiger partial charge >= 0.3 is 17.9 Å². The Labute approximate surface area is 214 Å². The number of aliphatic carboxylic acids is 3. The maximum absolute atomic E-state index is 10.3. The van der Waals surface area contributed by atoms with E-state index in [0.717, 1.165) is 50.6 Å². The summed E-state index contributed by atoms with van der Waals surface area (Å²) in [5.41, 5.74) is -0.375. The minimum Gasteiger partial charge on any atom is -0.493 e. The molecule has 12 heteroatoms. The summed E-state index contributed by atoms with van der Waals surface area (Å²) in [6.07, 6.45) is 3.84. The van der Waals surface area contributed by atoms with Crippen LogP contribution in [-0.4, -0.2) is 82.3 Å². The molecule has 1 fully saturated rings. The minimum atomic E-state index is -2.74. The van der Waals surface area contributed by atoms with Crippen molar-refractivity contribution in [1.82, 2.24) is 4.90 Å². The molecule has 0 aliphatic carbocycles. The maximum atomic E-state index is 10.3. The van der Waals surface area contributed by atoms with Gasteiger partial charge in [-0.05, 0) is 36.6 Å². The third kappa shape index (κ3) is 9.75. The van der Waals surface area contributed by atoms with Crippen LogP contribution in [-0.2, 0) is 32.2 Å². The topological polar surface area (TPSA) is 176 Å². The van der Waals surface area contributed by atoms with Crippen molar-refractivity contribution in [2.45, 2.75) is 50.5 Å². The van der Waals surface area contributed by atoms with E-state index >= 15 is 0 Å². The van der Waals surface area contributed by atoms with Gasteiger partial charge in [0.05, 0.1) is 45.7 Å². The van der Waals surface area contributed by atoms with Crippen LogP contribution in [0.4, 0.5) is 0 Å². The summed E-state index contributed by atoms with van der Waals surface area (Å²) in [7, 11) is 3.32. The molecule has 1 atom stereocenters. The number of ether oxygens (including phenoxy) is 3. The van der Waals surface area contributed by atoms with Crippen molar-refractivity contribution in [3.05, 3.63) is 47.9 Å². The highest BCUT2D eigenvalue weighted by Gasteiger charge is 2.40. The number of aliphatic hydroxyl groups is 1. The summed E-state index contributed by atoms with van der Waals surface area (Å²) in [5, 5.41) is 33.8. The quantitative estimate of drug-likeness (QED) is 0.302. The van der Waals surface area contributed by atoms with Crippen LogP contribution in [0, 0.1) is 0 Å². The molecule has 1 aliphatic heterocycles. The maximum Gasteiger partial charge on any atom is 0.336 e. The fourth-order valence-corrected chi connectivity index (χ4v) is 3.85. The summed E-state index contributed by atoms with van der Waals surface area (Å²) >= 11 is 0. The fraction of sp³-hybridized carbons (Fsp3) is 0.480. The Morgan fingerprint density at radius 3 is 2.14 bits per heavy atom. The predicted octanol–water partition coefficient (Wildman–Crippen LogP) is 2.23. The second kappa shape index (κ2) is 14.2. The van der Waals surface area contributed by atoms with Crippen molar-refractivity contribution >= 4 is 17.9 Å². The van der Waals surface area contributed by atoms with E-state index in [0.29, 0.717) is 6.10 Å². The number of hydrogen-bond acceptors (Lipinski definition) is 9. The number of nitrogens with zero attached hydrogens (tertiary/aromatic N) is 1. The lowest BCUT2D eigenvalue weighted by atomic mass is 9.96. The number of rotatable bonds is 13. The van der Waals surface area contributed by atoms with Gasteiger partial charge in [-0.1, -0.05) is 6.07 Å². The number of hydrogen-bond donors (Lipinski definition) is 4. The van der Waals surface area contributed by atoms with Crippen LogP contribution in [0.3, 0.4) is 0 Å². The number of furan rings is 1. The van der Waals surface area contributed by atoms with Crippen LogP contribution >= 0.6 is 0 Å². The Balaban J connectivity index is 0.000000317. The van der Waals surface area contributed by atoms with E-state index in [9.17, 15) is 14.4 Å². The van der Waals surface area contributed by atoms with Crippen LogP contribution in [0.15, 0.2) is 41.2 Å². The summed E-state index contributed by atoms with van der Waals surface area (Å²) in [4.78, 5) is 32.9. The molecule has 2 aromatic rings. The molecule has 0 saturated carbocycles. The fourth-order valence-electron chi connectivity index (χ4n) is 3.85. The molecule has 4 N–H and O–H groups in total. The van der Waals surface area contributed by atoms with Gasteiger partial charge in [0.15, 0.2) is 17.1 Å². The van der Waals surface area contributed by atoms with E-state index in [4.69, 9.17) is 39.1 Å². The molecule has 1 saturated heterocycles. The van der Waals surface area contributed by atoms with Crippen molar-refractivity contribution in [3.63, 3.8) is 0 Å². The normalized spacial score (nSPS) is 15.1. The van der Waals surface area contributed by atoms with Crippen molar-refractivity contribution in [2.24, 2.45) is 0 Å². The molecule has 0 bridgehead atoms. The average molecular weight is 524 g/mol. The molecule has 1 aromatic heterocycles. The SMILES string of the molecule is COc1ccc(CN(Cc2ccoc2)CC2CCCO2)cc1OC.O=C(O)CC(O)(CC(=O)O)C(=O)O. The largest absolute Gasteiger partial charge is 0.493 e. The molecular formula is C25H33NO11. The zero-order valence-corrected chi connectivity index (χ0v) is 20.8. The van der Waals surface area contributed by atoms with E-state index in [-0.39, 0.29) is 0 Å². The molecule has 204 valence electrons. The Kier molecular flexibility index (Phi) is 11.4. The van der Waals surface area contributed by atoms with Gasteiger partial charge in [-0.15, -0.1) is 0 Å². The Morgan fingerprint density at radius 1 is 1.00 bits per heavy atom. The Bertz CT molecular complexity index is 1000. The first-order valence-corrected chi connectivity index (χ1v) is 11.5. The lowest BCUT2D eigenvalue weighted by molar-refractivity contribution is -0.170. The Morgan fingerprint density at radius 2 is 1.65 bits per heavy atom. The summed E-state index contributed by atoms with van der Waals surface area (Å²) in [6, 6.07) is 8.09. The van der Waals surface area contributed by atoms with E-state index in [1.807, 2.05) is 18.2 Å². The number of carboxylic acids is 3. The van der Waals surface area contributed by atoms with Gasteiger partial charge in [-0.2, -0.15) is 0 Å². The smallest absolute Gasteiger partial charge is 0.336 e. The second-order valence-electron chi connectivity index (χ2n) is 8.60. The van der Waals surface area contributed by atoms with Crippen LogP contribution in [0.1, 0.15) is 36.8 Å². The van der Waals surface area contributed by atoms with E-state index in [1.165, 1.54) is 11.1 Å². The number of benzene rings is 1. The van der Waals surface area contributed by atoms with Crippen LogP contribution in [0.5, 0.6) is 11.5 Å². The minimum absolute atomic E-state index is 0.317. The van der Waals surface area contributed by atoms with Crippen LogP contribution in [0.25, 0.3) is 0 Å². The lowest BCUT2D eigenvalue weighted by Crippen LogP contribution is -2.42. The first kappa shape index (κ1) is 29.6. The molecule has 0 radical (unpaired) electrons. The third-order valence-corrected chi connectivity index (χ3v) is 5.61. The molecule has 2 heterocycles. The van der Waals surface area contributed by atoms with Gasteiger partial charge in [-0.25, -0.2) is 4.79 Å². The average Bonchev–Trinajstić information content (AvgIpc) is 3.52. The second-order valence-corrected chi connectivity index (χ2v) is 8.60. The summed E-state index contributed by atoms with van der Waals surface area (Å²) in [5.74, 6) is -3.51. The first-order chi connectivity index (χ1) is 17.6. The van der Waals surface area contributed by atoms with Crippen LogP contribution in [0.2, 0.25) is 0 Å². The first-order valence-electron chi connectivity index (χ1n) is 11.5. The van der Waals surface area contributed by atoms with Crippen molar-refractivity contribution in [1.29, 1.82) is 0 Å². The molecule has 12 nitrogen and oxygen atoms in total. The van der Waals surface area contributed by atoms with E-state index in [1.54, 1.807) is 26.7 Å². The predicted molar refractivity (Wildman–Crippen MR) is 128 cm³/mol. The van der Waals surface area contributed by atoms with Crippen molar-refractivity contribution < 1.29 is 53.4 Å². The highest BCUT2D eigenvalue weighted by molar-refractivity contribution is 5.88. The molecule has 0 amide bonds. The van der Waals surface area contributed by atoms with Gasteiger partial charge < -0.3 is 39.1 Å². The van der Waals surface area contributed by atoms with Gasteiger partial charge in [0.2, 0.25) is 0 Å². The lowest BCUT2D eigenvalue weighted by Gasteiger charge is -2.25. The monoisotopic (exact) mass is 523 g/mol. The standard InChI is InChI=1S/C19H25NO4.C6H8O7/c1-21-18-6-5-15(10-19(18)22-2)11-20(12-16-7-9-23-14-16)13-17-4-3-8-24-17;7-3(8)1-6(13,5(11)12)2-4(9)10/h5-7,9-10,14,17H,3-4,8,11-13H2,1-2H3;13H,1-2H2,(H,7,8)(H,9,10)(H,11,12). The molecular weight excluding hydrogens is 490 g/mol. The van der Waals surface area contributed by atoms with Gasteiger partial charge in [0.25, 0.3) is 0 Å². The van der Waals surface area contributed by atoms with Crippen molar-refractivity contribution in [3.8, 4) is 11.5 Å². The molecule has 1 aromatic carbocycles. The molecule has 1 aliphatic rings. The zero-order chi connectivity index (χ0) is 27.4. The van der Waals surface area contributed by atoms with Crippen molar-refractivity contribution in [2.75, 3.05) is 27.4 Å². The highest BCUT2D eigenvalue weighted by atomic mass is 16.5. The molecule has 1 unspecified atom stereocenters. The highest BCUT2D eigenvalue weighted by Crippen LogP contribution is 2.28. The number of carboxylic acid groups (broad SMARTS) is 3. The molecule has 3 rings (SSSR count). The van der Waals surface area contributed by atoms with Gasteiger partial charge in [0.1, 0.15) is 0 Å². The Hall–Kier alpha value is -3.61. The third-order valence-electron chi connectivity index (χ3n) is 5.61. The number of methoxy groups -OCH3 is 2. The molecule has 37 heavy (non-hydrogen) atoms. The van der Waals surface area contributed by atoms with Crippen LogP contribution < -0.4 is 9.47 Å². The zero-order valence-electron chi connectivity index (χ0n) is 20.8. The van der Waals surface area contributed by atoms with E-state index in [2.05, 4.69) is 11.0 Å². The van der Waals surface area contributed by atoms with E-state index < -0.39 is 36.4 Å². The summed E-state index contributed by atoms with van der Waals surface area (Å²) < 4.78 is 21.8. The number of carbonyl (C=O) groups is 3. The van der Waals surface area contributed by atoms with Gasteiger partial charge in [0, 0.05) is 31.8 Å². The molecule has 0 spiro atoms. The summed E-state index contributed by atoms with van der Waals surface area (Å²) in [6.45, 7) is 3.45.